The summed E-state index contributed by atoms with van der Waals surface area (Å²) in [7, 11) is 0. The minimum absolute atomic E-state index is 0.170. The van der Waals surface area contributed by atoms with Crippen molar-refractivity contribution in [2.75, 3.05) is 23.8 Å². The number of amides is 1. The molecule has 17 heavy (non-hydrogen) atoms. The predicted molar refractivity (Wildman–Crippen MR) is 67.3 cm³/mol. The summed E-state index contributed by atoms with van der Waals surface area (Å²) in [6, 6.07) is 4.95. The highest BCUT2D eigenvalue weighted by Crippen LogP contribution is 2.25. The molecule has 0 aliphatic rings. The zero-order valence-corrected chi connectivity index (χ0v) is 10.2. The van der Waals surface area contributed by atoms with Gasteiger partial charge in [-0.05, 0) is 18.2 Å². The molecule has 0 saturated carbocycles. The quantitative estimate of drug-likeness (QED) is 0.637. The lowest BCUT2D eigenvalue weighted by atomic mass is 10.2. The number of hydrogen-bond acceptors (Lipinski definition) is 4. The second-order valence-electron chi connectivity index (χ2n) is 3.59. The van der Waals surface area contributed by atoms with Gasteiger partial charge < -0.3 is 20.8 Å². The topological polar surface area (TPSA) is 81.6 Å². The van der Waals surface area contributed by atoms with Gasteiger partial charge >= 0.3 is 0 Å². The van der Waals surface area contributed by atoms with Crippen LogP contribution in [0.2, 0.25) is 5.02 Å². The highest BCUT2D eigenvalue weighted by molar-refractivity contribution is 6.31. The molecule has 0 heterocycles. The van der Waals surface area contributed by atoms with Gasteiger partial charge in [0, 0.05) is 18.5 Å². The van der Waals surface area contributed by atoms with E-state index >= 15 is 0 Å². The molecule has 5 nitrogen and oxygen atoms in total. The van der Waals surface area contributed by atoms with Crippen molar-refractivity contribution in [3.8, 4) is 0 Å². The van der Waals surface area contributed by atoms with Crippen molar-refractivity contribution in [1.29, 1.82) is 0 Å². The SMILES string of the molecule is CC(=O)Nc1ccc(Cl)cc1NCC(O)CO. The van der Waals surface area contributed by atoms with Gasteiger partial charge in [-0.2, -0.15) is 0 Å². The normalized spacial score (nSPS) is 12.0. The van der Waals surface area contributed by atoms with E-state index in [4.69, 9.17) is 16.7 Å². The number of aliphatic hydroxyl groups is 2. The zero-order chi connectivity index (χ0) is 12.8. The molecule has 0 aliphatic carbocycles. The van der Waals surface area contributed by atoms with Crippen LogP contribution in [0.3, 0.4) is 0 Å². The average Bonchev–Trinajstić information content (AvgIpc) is 2.28. The van der Waals surface area contributed by atoms with Crippen LogP contribution in [0.25, 0.3) is 0 Å². The fourth-order valence-corrected chi connectivity index (χ4v) is 1.43. The number of halogens is 1. The number of rotatable bonds is 5. The molecule has 1 rings (SSSR count). The molecule has 0 spiro atoms. The summed E-state index contributed by atoms with van der Waals surface area (Å²) >= 11 is 5.84. The van der Waals surface area contributed by atoms with Crippen molar-refractivity contribution in [2.45, 2.75) is 13.0 Å². The molecule has 0 aromatic heterocycles. The summed E-state index contributed by atoms with van der Waals surface area (Å²) in [4.78, 5) is 11.0. The lowest BCUT2D eigenvalue weighted by Crippen LogP contribution is -2.23. The van der Waals surface area contributed by atoms with E-state index in [1.807, 2.05) is 0 Å². The Kier molecular flexibility index (Phi) is 5.21. The molecule has 1 amide bonds. The first-order chi connectivity index (χ1) is 8.02. The Morgan fingerprint density at radius 2 is 2.18 bits per heavy atom. The minimum Gasteiger partial charge on any atom is -0.394 e. The lowest BCUT2D eigenvalue weighted by Gasteiger charge is -2.14. The van der Waals surface area contributed by atoms with E-state index < -0.39 is 6.10 Å². The summed E-state index contributed by atoms with van der Waals surface area (Å²) in [6.07, 6.45) is -0.862. The fraction of sp³-hybridized carbons (Fsp3) is 0.364. The van der Waals surface area contributed by atoms with E-state index in [1.54, 1.807) is 18.2 Å². The number of nitrogens with one attached hydrogen (secondary N) is 2. The summed E-state index contributed by atoms with van der Waals surface area (Å²) < 4.78 is 0. The van der Waals surface area contributed by atoms with Crippen LogP contribution in [0.5, 0.6) is 0 Å². The van der Waals surface area contributed by atoms with E-state index in [-0.39, 0.29) is 19.1 Å². The van der Waals surface area contributed by atoms with Crippen LogP contribution >= 0.6 is 11.6 Å². The van der Waals surface area contributed by atoms with Crippen molar-refractivity contribution in [3.05, 3.63) is 23.2 Å². The summed E-state index contributed by atoms with van der Waals surface area (Å²) in [5.74, 6) is -0.196. The van der Waals surface area contributed by atoms with Gasteiger partial charge in [-0.3, -0.25) is 4.79 Å². The smallest absolute Gasteiger partial charge is 0.221 e. The number of benzene rings is 1. The maximum atomic E-state index is 11.0. The van der Waals surface area contributed by atoms with Gasteiger partial charge in [-0.15, -0.1) is 0 Å². The first-order valence-electron chi connectivity index (χ1n) is 5.13. The molecule has 0 radical (unpaired) electrons. The van der Waals surface area contributed by atoms with E-state index in [2.05, 4.69) is 10.6 Å². The third-order valence-electron chi connectivity index (χ3n) is 2.03. The molecule has 0 bridgehead atoms. The first-order valence-corrected chi connectivity index (χ1v) is 5.50. The summed E-state index contributed by atoms with van der Waals surface area (Å²) in [5, 5.41) is 24.0. The van der Waals surface area contributed by atoms with Crippen LogP contribution in [-0.4, -0.2) is 35.4 Å². The number of carbonyl (C=O) groups excluding carboxylic acids is 1. The Morgan fingerprint density at radius 1 is 1.47 bits per heavy atom. The van der Waals surface area contributed by atoms with E-state index in [0.29, 0.717) is 16.4 Å². The van der Waals surface area contributed by atoms with Gasteiger partial charge in [0.05, 0.1) is 24.1 Å². The molecule has 1 aromatic carbocycles. The Labute approximate surface area is 104 Å². The van der Waals surface area contributed by atoms with Gasteiger partial charge in [0.25, 0.3) is 0 Å². The second-order valence-corrected chi connectivity index (χ2v) is 4.02. The minimum atomic E-state index is -0.862. The molecule has 0 fully saturated rings. The highest BCUT2D eigenvalue weighted by atomic mass is 35.5. The van der Waals surface area contributed by atoms with E-state index in [9.17, 15) is 9.90 Å². The molecule has 94 valence electrons. The Balaban J connectivity index is 2.79. The van der Waals surface area contributed by atoms with Crippen LogP contribution in [0.1, 0.15) is 6.92 Å². The Bertz CT molecular complexity index is 398. The molecule has 6 heteroatoms. The number of anilines is 2. The standard InChI is InChI=1S/C11H15ClN2O3/c1-7(16)14-10-3-2-8(12)4-11(10)13-5-9(17)6-15/h2-4,9,13,15,17H,5-6H2,1H3,(H,14,16). The van der Waals surface area contributed by atoms with Crippen molar-refractivity contribution >= 4 is 28.9 Å². The maximum absolute atomic E-state index is 11.0. The fourth-order valence-electron chi connectivity index (χ4n) is 1.25. The molecule has 1 atom stereocenters. The molecule has 0 aliphatic heterocycles. The molecule has 1 unspecified atom stereocenters. The lowest BCUT2D eigenvalue weighted by molar-refractivity contribution is -0.114. The molecule has 1 aromatic rings. The number of hydrogen-bond donors (Lipinski definition) is 4. The van der Waals surface area contributed by atoms with Crippen molar-refractivity contribution < 1.29 is 15.0 Å². The predicted octanol–water partition coefficient (Wildman–Crippen LogP) is 1.06. The largest absolute Gasteiger partial charge is 0.394 e. The molecular weight excluding hydrogens is 244 g/mol. The number of carbonyl (C=O) groups is 1. The maximum Gasteiger partial charge on any atom is 0.221 e. The monoisotopic (exact) mass is 258 g/mol. The third kappa shape index (κ3) is 4.60. The molecule has 0 saturated heterocycles. The Morgan fingerprint density at radius 3 is 2.76 bits per heavy atom. The first kappa shape index (κ1) is 13.8. The van der Waals surface area contributed by atoms with Crippen LogP contribution in [0.15, 0.2) is 18.2 Å². The van der Waals surface area contributed by atoms with Crippen molar-refractivity contribution in [2.24, 2.45) is 0 Å². The van der Waals surface area contributed by atoms with E-state index in [1.165, 1.54) is 6.92 Å². The van der Waals surface area contributed by atoms with Crippen LogP contribution in [0.4, 0.5) is 11.4 Å². The van der Waals surface area contributed by atoms with Gasteiger partial charge in [0.15, 0.2) is 0 Å². The average molecular weight is 259 g/mol. The van der Waals surface area contributed by atoms with Crippen molar-refractivity contribution in [3.63, 3.8) is 0 Å². The van der Waals surface area contributed by atoms with Gasteiger partial charge in [-0.25, -0.2) is 0 Å². The highest BCUT2D eigenvalue weighted by Gasteiger charge is 2.07. The van der Waals surface area contributed by atoms with Gasteiger partial charge in [0.1, 0.15) is 0 Å². The van der Waals surface area contributed by atoms with E-state index in [0.717, 1.165) is 0 Å². The number of aliphatic hydroxyl groups excluding tert-OH is 2. The van der Waals surface area contributed by atoms with Crippen LogP contribution < -0.4 is 10.6 Å². The third-order valence-corrected chi connectivity index (χ3v) is 2.27. The second kappa shape index (κ2) is 6.44. The van der Waals surface area contributed by atoms with Gasteiger partial charge in [0.2, 0.25) is 5.91 Å². The van der Waals surface area contributed by atoms with Gasteiger partial charge in [-0.1, -0.05) is 11.6 Å². The zero-order valence-electron chi connectivity index (χ0n) is 9.40. The van der Waals surface area contributed by atoms with Crippen LogP contribution in [0, 0.1) is 0 Å². The van der Waals surface area contributed by atoms with Crippen molar-refractivity contribution in [1.82, 2.24) is 0 Å². The summed E-state index contributed by atoms with van der Waals surface area (Å²) in [5.41, 5.74) is 1.17. The molecule has 4 N–H and O–H groups in total. The summed E-state index contributed by atoms with van der Waals surface area (Å²) in [6.45, 7) is 1.24. The van der Waals surface area contributed by atoms with Crippen LogP contribution in [-0.2, 0) is 4.79 Å². The Hall–Kier alpha value is -1.30. The molecular formula is C11H15ClN2O3.